The Hall–Kier alpha value is -1.58. The van der Waals surface area contributed by atoms with Crippen molar-refractivity contribution in [3.63, 3.8) is 0 Å². The van der Waals surface area contributed by atoms with Crippen LogP contribution in [-0.2, 0) is 0 Å². The van der Waals surface area contributed by atoms with Gasteiger partial charge in [0.25, 0.3) is 0 Å². The summed E-state index contributed by atoms with van der Waals surface area (Å²) in [6.45, 7) is 4.18. The first-order chi connectivity index (χ1) is 9.11. The summed E-state index contributed by atoms with van der Waals surface area (Å²) in [5, 5.41) is 5.03. The Morgan fingerprint density at radius 3 is 2.79 bits per heavy atom. The molecule has 2 aromatic carbocycles. The minimum absolute atomic E-state index is 0.745. The Bertz CT molecular complexity index is 749. The Balaban J connectivity index is 1.98. The average molecular weight is 289 g/mol. The summed E-state index contributed by atoms with van der Waals surface area (Å²) in [5.41, 5.74) is 4.52. The molecule has 0 aliphatic carbocycles. The molecule has 1 aromatic heterocycles. The van der Waals surface area contributed by atoms with Gasteiger partial charge in [0.2, 0.25) is 0 Å². The molecule has 0 aliphatic heterocycles. The van der Waals surface area contributed by atoms with Crippen molar-refractivity contribution < 1.29 is 0 Å². The predicted molar refractivity (Wildman–Crippen MR) is 83.8 cm³/mol. The van der Waals surface area contributed by atoms with Crippen LogP contribution in [0.25, 0.3) is 10.2 Å². The monoisotopic (exact) mass is 288 g/mol. The highest BCUT2D eigenvalue weighted by molar-refractivity contribution is 7.22. The topological polar surface area (TPSA) is 24.9 Å². The Morgan fingerprint density at radius 1 is 1.11 bits per heavy atom. The van der Waals surface area contributed by atoms with E-state index in [1.807, 2.05) is 18.2 Å². The first-order valence-electron chi connectivity index (χ1n) is 6.02. The predicted octanol–water partition coefficient (Wildman–Crippen LogP) is 5.31. The summed E-state index contributed by atoms with van der Waals surface area (Å²) in [4.78, 5) is 4.57. The van der Waals surface area contributed by atoms with Gasteiger partial charge in [-0.3, -0.25) is 0 Å². The average Bonchev–Trinajstić information content (AvgIpc) is 2.75. The lowest BCUT2D eigenvalue weighted by Crippen LogP contribution is -1.92. The van der Waals surface area contributed by atoms with Gasteiger partial charge in [-0.15, -0.1) is 0 Å². The van der Waals surface area contributed by atoms with Crippen LogP contribution in [0.5, 0.6) is 0 Å². The van der Waals surface area contributed by atoms with E-state index in [9.17, 15) is 0 Å². The van der Waals surface area contributed by atoms with Crippen molar-refractivity contribution in [1.82, 2.24) is 4.98 Å². The summed E-state index contributed by atoms with van der Waals surface area (Å²) in [7, 11) is 0. The van der Waals surface area contributed by atoms with Gasteiger partial charge in [-0.25, -0.2) is 4.98 Å². The quantitative estimate of drug-likeness (QED) is 0.691. The molecular weight excluding hydrogens is 276 g/mol. The molecule has 0 aliphatic rings. The molecule has 0 saturated carbocycles. The zero-order chi connectivity index (χ0) is 13.4. The van der Waals surface area contributed by atoms with E-state index in [1.54, 1.807) is 11.3 Å². The fourth-order valence-electron chi connectivity index (χ4n) is 1.94. The van der Waals surface area contributed by atoms with Crippen LogP contribution < -0.4 is 5.32 Å². The molecule has 0 atom stereocenters. The second kappa shape index (κ2) is 4.83. The van der Waals surface area contributed by atoms with Crippen molar-refractivity contribution >= 4 is 44.0 Å². The van der Waals surface area contributed by atoms with Crippen LogP contribution in [-0.4, -0.2) is 4.98 Å². The van der Waals surface area contributed by atoms with Gasteiger partial charge in [-0.1, -0.05) is 35.1 Å². The maximum Gasteiger partial charge on any atom is 0.188 e. The van der Waals surface area contributed by atoms with Gasteiger partial charge in [-0.05, 0) is 49.2 Å². The number of rotatable bonds is 2. The summed E-state index contributed by atoms with van der Waals surface area (Å²) in [5.74, 6) is 0. The highest BCUT2D eigenvalue weighted by Gasteiger charge is 2.06. The van der Waals surface area contributed by atoms with Crippen LogP contribution in [0.3, 0.4) is 0 Å². The normalized spacial score (nSPS) is 10.9. The number of benzene rings is 2. The Kier molecular flexibility index (Phi) is 3.17. The van der Waals surface area contributed by atoms with E-state index >= 15 is 0 Å². The number of aryl methyl sites for hydroxylation is 2. The molecule has 0 radical (unpaired) electrons. The van der Waals surface area contributed by atoms with Gasteiger partial charge in [0, 0.05) is 10.7 Å². The van der Waals surface area contributed by atoms with Crippen LogP contribution in [0.2, 0.25) is 5.02 Å². The van der Waals surface area contributed by atoms with Gasteiger partial charge < -0.3 is 5.32 Å². The standard InChI is InChI=1S/C15H13ClN2S/c1-9-3-4-10(2)13(7-9)18-15-17-12-6-5-11(16)8-14(12)19-15/h3-8H,1-2H3,(H,17,18). The summed E-state index contributed by atoms with van der Waals surface area (Å²) in [6, 6.07) is 12.1. The van der Waals surface area contributed by atoms with E-state index in [1.165, 1.54) is 11.1 Å². The molecule has 0 fully saturated rings. The fraction of sp³-hybridized carbons (Fsp3) is 0.133. The lowest BCUT2D eigenvalue weighted by molar-refractivity contribution is 1.36. The molecule has 96 valence electrons. The fourth-order valence-corrected chi connectivity index (χ4v) is 3.09. The second-order valence-corrected chi connectivity index (χ2v) is 6.04. The first-order valence-corrected chi connectivity index (χ1v) is 7.21. The van der Waals surface area contributed by atoms with E-state index in [0.717, 1.165) is 26.1 Å². The molecule has 0 amide bonds. The van der Waals surface area contributed by atoms with Gasteiger partial charge in [-0.2, -0.15) is 0 Å². The van der Waals surface area contributed by atoms with E-state index in [2.05, 4.69) is 42.3 Å². The van der Waals surface area contributed by atoms with Crippen molar-refractivity contribution in [2.75, 3.05) is 5.32 Å². The van der Waals surface area contributed by atoms with Crippen molar-refractivity contribution in [1.29, 1.82) is 0 Å². The highest BCUT2D eigenvalue weighted by Crippen LogP contribution is 2.31. The van der Waals surface area contributed by atoms with Gasteiger partial charge >= 0.3 is 0 Å². The number of nitrogens with one attached hydrogen (secondary N) is 1. The van der Waals surface area contributed by atoms with Gasteiger partial charge in [0.15, 0.2) is 5.13 Å². The molecule has 0 bridgehead atoms. The minimum Gasteiger partial charge on any atom is -0.331 e. The molecule has 1 heterocycles. The number of aromatic nitrogens is 1. The SMILES string of the molecule is Cc1ccc(C)c(Nc2nc3ccc(Cl)cc3s2)c1. The Morgan fingerprint density at radius 2 is 1.95 bits per heavy atom. The summed E-state index contributed by atoms with van der Waals surface area (Å²) in [6.07, 6.45) is 0. The molecule has 3 rings (SSSR count). The molecular formula is C15H13ClN2S. The molecule has 4 heteroatoms. The third-order valence-electron chi connectivity index (χ3n) is 2.99. The Labute approximate surface area is 121 Å². The molecule has 1 N–H and O–H groups in total. The molecule has 19 heavy (non-hydrogen) atoms. The number of hydrogen-bond acceptors (Lipinski definition) is 3. The zero-order valence-corrected chi connectivity index (χ0v) is 12.3. The molecule has 0 spiro atoms. The van der Waals surface area contributed by atoms with Crippen LogP contribution in [0.1, 0.15) is 11.1 Å². The number of halogens is 1. The summed E-state index contributed by atoms with van der Waals surface area (Å²) < 4.78 is 1.10. The van der Waals surface area contributed by atoms with Gasteiger partial charge in [0.1, 0.15) is 0 Å². The van der Waals surface area contributed by atoms with Crippen molar-refractivity contribution in [2.45, 2.75) is 13.8 Å². The number of anilines is 2. The third kappa shape index (κ3) is 2.57. The zero-order valence-electron chi connectivity index (χ0n) is 10.7. The smallest absolute Gasteiger partial charge is 0.188 e. The lowest BCUT2D eigenvalue weighted by atomic mass is 10.1. The second-order valence-electron chi connectivity index (χ2n) is 4.57. The maximum absolute atomic E-state index is 5.99. The first kappa shape index (κ1) is 12.5. The largest absolute Gasteiger partial charge is 0.331 e. The van der Waals surface area contributed by atoms with Crippen LogP contribution >= 0.6 is 22.9 Å². The number of fused-ring (bicyclic) bond motifs is 1. The van der Waals surface area contributed by atoms with Crippen molar-refractivity contribution in [3.05, 3.63) is 52.5 Å². The van der Waals surface area contributed by atoms with Crippen LogP contribution in [0, 0.1) is 13.8 Å². The van der Waals surface area contributed by atoms with E-state index in [-0.39, 0.29) is 0 Å². The maximum atomic E-state index is 5.99. The van der Waals surface area contributed by atoms with Gasteiger partial charge in [0.05, 0.1) is 10.2 Å². The van der Waals surface area contributed by atoms with E-state index < -0.39 is 0 Å². The van der Waals surface area contributed by atoms with Crippen LogP contribution in [0.4, 0.5) is 10.8 Å². The third-order valence-corrected chi connectivity index (χ3v) is 4.15. The number of hydrogen-bond donors (Lipinski definition) is 1. The van der Waals surface area contributed by atoms with Crippen LogP contribution in [0.15, 0.2) is 36.4 Å². The molecule has 2 nitrogen and oxygen atoms in total. The lowest BCUT2D eigenvalue weighted by Gasteiger charge is -2.07. The van der Waals surface area contributed by atoms with E-state index in [0.29, 0.717) is 0 Å². The molecule has 0 saturated heterocycles. The molecule has 3 aromatic rings. The number of nitrogens with zero attached hydrogens (tertiary/aromatic N) is 1. The molecule has 0 unspecified atom stereocenters. The highest BCUT2D eigenvalue weighted by atomic mass is 35.5. The minimum atomic E-state index is 0.745. The number of thiazole rings is 1. The van der Waals surface area contributed by atoms with E-state index in [4.69, 9.17) is 11.6 Å². The summed E-state index contributed by atoms with van der Waals surface area (Å²) >= 11 is 7.61. The van der Waals surface area contributed by atoms with Crippen molar-refractivity contribution in [2.24, 2.45) is 0 Å². The van der Waals surface area contributed by atoms with Crippen molar-refractivity contribution in [3.8, 4) is 0 Å².